The van der Waals surface area contributed by atoms with Crippen LogP contribution in [0.15, 0.2) is 72.1 Å². The summed E-state index contributed by atoms with van der Waals surface area (Å²) in [5.41, 5.74) is 8.75. The number of methoxy groups -OCH3 is 1. The number of hydrogen-bond acceptors (Lipinski definition) is 5. The molecule has 0 fully saturated rings. The number of ether oxygens (including phenoxy) is 2. The highest BCUT2D eigenvalue weighted by Gasteiger charge is 2.33. The molecule has 0 aliphatic carbocycles. The van der Waals surface area contributed by atoms with Crippen LogP contribution in [0.25, 0.3) is 21.7 Å². The first kappa shape index (κ1) is 18.3. The number of fused-ring (bicyclic) bond motifs is 4. The third-order valence-electron chi connectivity index (χ3n) is 5.42. The Hall–Kier alpha value is -3.75. The lowest BCUT2D eigenvalue weighted by Gasteiger charge is -2.28. The summed E-state index contributed by atoms with van der Waals surface area (Å²) in [6.45, 7) is 0. The van der Waals surface area contributed by atoms with Crippen LogP contribution in [0.1, 0.15) is 17.0 Å². The van der Waals surface area contributed by atoms with E-state index >= 15 is 0 Å². The van der Waals surface area contributed by atoms with Crippen LogP contribution in [0.2, 0.25) is 5.15 Å². The maximum absolute atomic E-state index is 9.87. The van der Waals surface area contributed by atoms with E-state index in [9.17, 15) is 5.26 Å². The van der Waals surface area contributed by atoms with E-state index in [0.29, 0.717) is 27.8 Å². The summed E-state index contributed by atoms with van der Waals surface area (Å²) in [5, 5.41) is 13.0. The molecule has 4 aromatic rings. The van der Waals surface area contributed by atoms with Crippen molar-refractivity contribution in [2.24, 2.45) is 5.73 Å². The van der Waals surface area contributed by atoms with Gasteiger partial charge in [0.15, 0.2) is 0 Å². The molecule has 1 atom stereocenters. The third-order valence-corrected chi connectivity index (χ3v) is 5.72. The summed E-state index contributed by atoms with van der Waals surface area (Å²) in [7, 11) is 1.61. The number of halogens is 1. The quantitative estimate of drug-likeness (QED) is 0.453. The lowest BCUT2D eigenvalue weighted by atomic mass is 9.82. The van der Waals surface area contributed by atoms with Crippen molar-refractivity contribution in [3.8, 4) is 17.6 Å². The number of hydrogen-bond donors (Lipinski definition) is 1. The second kappa shape index (κ2) is 6.94. The lowest BCUT2D eigenvalue weighted by molar-refractivity contribution is 0.398. The Labute approximate surface area is 177 Å². The molecule has 5 rings (SSSR count). The zero-order valence-corrected chi connectivity index (χ0v) is 16.8. The van der Waals surface area contributed by atoms with Crippen LogP contribution in [-0.4, -0.2) is 12.1 Å². The highest BCUT2D eigenvalue weighted by molar-refractivity contribution is 6.30. The number of nitrogens with zero attached hydrogens (tertiary/aromatic N) is 2. The van der Waals surface area contributed by atoms with Crippen LogP contribution in [0, 0.1) is 11.3 Å². The Morgan fingerprint density at radius 3 is 2.70 bits per heavy atom. The first-order valence-corrected chi connectivity index (χ1v) is 9.72. The van der Waals surface area contributed by atoms with Crippen LogP contribution < -0.4 is 15.2 Å². The Morgan fingerprint density at radius 2 is 1.90 bits per heavy atom. The van der Waals surface area contributed by atoms with Crippen molar-refractivity contribution in [1.29, 1.82) is 5.26 Å². The SMILES string of the molecule is COc1ccc2nc(Cl)c([C@H]3C(C#N)=C(N)Oc4c3ccc3ccccc43)cc2c1. The molecule has 30 heavy (non-hydrogen) atoms. The molecule has 6 heteroatoms. The van der Waals surface area contributed by atoms with Gasteiger partial charge >= 0.3 is 0 Å². The van der Waals surface area contributed by atoms with E-state index in [1.54, 1.807) is 7.11 Å². The average molecular weight is 414 g/mol. The zero-order valence-electron chi connectivity index (χ0n) is 16.0. The van der Waals surface area contributed by atoms with E-state index in [1.807, 2.05) is 60.7 Å². The van der Waals surface area contributed by atoms with Crippen molar-refractivity contribution in [3.05, 3.63) is 88.4 Å². The molecular weight excluding hydrogens is 398 g/mol. The molecular formula is C24H16ClN3O2. The summed E-state index contributed by atoms with van der Waals surface area (Å²) in [5.74, 6) is 0.940. The number of nitrogens with two attached hydrogens (primary N) is 1. The van der Waals surface area contributed by atoms with Crippen molar-refractivity contribution in [2.75, 3.05) is 7.11 Å². The van der Waals surface area contributed by atoms with Gasteiger partial charge in [0.25, 0.3) is 0 Å². The summed E-state index contributed by atoms with van der Waals surface area (Å²) in [6.07, 6.45) is 0. The average Bonchev–Trinajstić information content (AvgIpc) is 2.77. The minimum atomic E-state index is -0.487. The molecule has 0 saturated carbocycles. The third kappa shape index (κ3) is 2.73. The lowest BCUT2D eigenvalue weighted by Crippen LogP contribution is -2.21. The Kier molecular flexibility index (Phi) is 4.23. The van der Waals surface area contributed by atoms with Gasteiger partial charge in [-0.05, 0) is 29.7 Å². The fourth-order valence-electron chi connectivity index (χ4n) is 3.98. The van der Waals surface area contributed by atoms with Gasteiger partial charge in [0.1, 0.15) is 28.3 Å². The maximum Gasteiger partial charge on any atom is 0.205 e. The number of aromatic nitrogens is 1. The smallest absolute Gasteiger partial charge is 0.205 e. The van der Waals surface area contributed by atoms with E-state index in [2.05, 4.69) is 11.1 Å². The summed E-state index contributed by atoms with van der Waals surface area (Å²) in [4.78, 5) is 4.55. The first-order chi connectivity index (χ1) is 14.6. The molecule has 2 heterocycles. The van der Waals surface area contributed by atoms with Crippen LogP contribution in [0.5, 0.6) is 11.5 Å². The second-order valence-electron chi connectivity index (χ2n) is 7.06. The summed E-state index contributed by atoms with van der Waals surface area (Å²) >= 11 is 6.61. The molecule has 146 valence electrons. The molecule has 0 amide bonds. The Bertz CT molecular complexity index is 1410. The zero-order chi connectivity index (χ0) is 20.8. The number of pyridine rings is 1. The minimum Gasteiger partial charge on any atom is -0.497 e. The fraction of sp³-hybridized carbons (Fsp3) is 0.0833. The molecule has 0 bridgehead atoms. The molecule has 3 aromatic carbocycles. The van der Waals surface area contributed by atoms with Gasteiger partial charge < -0.3 is 15.2 Å². The van der Waals surface area contributed by atoms with Crippen molar-refractivity contribution >= 4 is 33.3 Å². The maximum atomic E-state index is 9.87. The largest absolute Gasteiger partial charge is 0.497 e. The van der Waals surface area contributed by atoms with Gasteiger partial charge in [-0.15, -0.1) is 0 Å². The predicted molar refractivity (Wildman–Crippen MR) is 117 cm³/mol. The Morgan fingerprint density at radius 1 is 1.07 bits per heavy atom. The van der Waals surface area contributed by atoms with Gasteiger partial charge in [-0.2, -0.15) is 5.26 Å². The molecule has 0 unspecified atom stereocenters. The normalized spacial score (nSPS) is 15.6. The summed E-state index contributed by atoms with van der Waals surface area (Å²) in [6, 6.07) is 21.6. The van der Waals surface area contributed by atoms with Gasteiger partial charge in [0, 0.05) is 21.9 Å². The molecule has 2 N–H and O–H groups in total. The van der Waals surface area contributed by atoms with Crippen LogP contribution in [0.4, 0.5) is 0 Å². The van der Waals surface area contributed by atoms with Crippen LogP contribution in [0.3, 0.4) is 0 Å². The molecule has 5 nitrogen and oxygen atoms in total. The topological polar surface area (TPSA) is 81.2 Å². The monoisotopic (exact) mass is 413 g/mol. The number of allylic oxidation sites excluding steroid dienone is 1. The highest BCUT2D eigenvalue weighted by Crippen LogP contribution is 2.47. The van der Waals surface area contributed by atoms with E-state index in [0.717, 1.165) is 27.2 Å². The first-order valence-electron chi connectivity index (χ1n) is 9.34. The second-order valence-corrected chi connectivity index (χ2v) is 7.41. The number of benzene rings is 3. The van der Waals surface area contributed by atoms with E-state index < -0.39 is 5.92 Å². The van der Waals surface area contributed by atoms with Gasteiger partial charge in [-0.25, -0.2) is 4.98 Å². The van der Waals surface area contributed by atoms with Crippen molar-refractivity contribution in [2.45, 2.75) is 5.92 Å². The molecule has 0 spiro atoms. The standard InChI is InChI=1S/C24H16ClN3O2/c1-29-15-7-9-20-14(10-15)11-18(23(25)28-20)21-17-8-6-13-4-2-3-5-16(13)22(17)30-24(27)19(21)12-26/h2-11,21H,27H2,1H3/t21-/m0/s1. The minimum absolute atomic E-state index is 0.0770. The van der Waals surface area contributed by atoms with Gasteiger partial charge in [-0.3, -0.25) is 0 Å². The van der Waals surface area contributed by atoms with Crippen molar-refractivity contribution < 1.29 is 9.47 Å². The van der Waals surface area contributed by atoms with Gasteiger partial charge in [0.2, 0.25) is 5.88 Å². The molecule has 0 saturated heterocycles. The number of rotatable bonds is 2. The summed E-state index contributed by atoms with van der Waals surface area (Å²) < 4.78 is 11.3. The van der Waals surface area contributed by atoms with Crippen molar-refractivity contribution in [1.82, 2.24) is 4.98 Å². The van der Waals surface area contributed by atoms with Crippen LogP contribution in [-0.2, 0) is 0 Å². The van der Waals surface area contributed by atoms with E-state index in [4.69, 9.17) is 26.8 Å². The van der Waals surface area contributed by atoms with Crippen molar-refractivity contribution in [3.63, 3.8) is 0 Å². The highest BCUT2D eigenvalue weighted by atomic mass is 35.5. The van der Waals surface area contributed by atoms with Gasteiger partial charge in [0.05, 0.1) is 18.5 Å². The molecule has 1 aliphatic heterocycles. The number of nitriles is 1. The predicted octanol–water partition coefficient (Wildman–Crippen LogP) is 5.27. The van der Waals surface area contributed by atoms with Crippen LogP contribution >= 0.6 is 11.6 Å². The fourth-order valence-corrected chi connectivity index (χ4v) is 4.24. The van der Waals surface area contributed by atoms with E-state index in [-0.39, 0.29) is 5.88 Å². The molecule has 1 aliphatic rings. The van der Waals surface area contributed by atoms with Gasteiger partial charge in [-0.1, -0.05) is 48.0 Å². The Balaban J connectivity index is 1.80. The molecule has 1 aromatic heterocycles. The van der Waals surface area contributed by atoms with E-state index in [1.165, 1.54) is 0 Å². The molecule has 0 radical (unpaired) electrons.